The fourth-order valence-electron chi connectivity index (χ4n) is 2.41. The van der Waals surface area contributed by atoms with Crippen molar-refractivity contribution in [2.45, 2.75) is 53.6 Å². The minimum Gasteiger partial charge on any atom is -0.355 e. The van der Waals surface area contributed by atoms with Crippen LogP contribution in [0.5, 0.6) is 0 Å². The largest absolute Gasteiger partial charge is 0.355 e. The summed E-state index contributed by atoms with van der Waals surface area (Å²) < 4.78 is 2.23. The van der Waals surface area contributed by atoms with Crippen LogP contribution in [0.25, 0.3) is 4.96 Å². The Bertz CT molecular complexity index is 558. The molecule has 1 atom stereocenters. The van der Waals surface area contributed by atoms with Crippen LogP contribution in [-0.2, 0) is 6.54 Å². The maximum atomic E-state index is 4.88. The van der Waals surface area contributed by atoms with E-state index in [2.05, 4.69) is 60.8 Å². The molecule has 0 aliphatic heterocycles. The molecule has 2 heterocycles. The minimum atomic E-state index is 0.478. The van der Waals surface area contributed by atoms with E-state index in [0.29, 0.717) is 12.0 Å². The predicted octanol–water partition coefficient (Wildman–Crippen LogP) is 3.77. The number of hydrogen-bond acceptors (Lipinski definition) is 4. The van der Waals surface area contributed by atoms with Crippen LogP contribution in [0.2, 0.25) is 0 Å². The molecule has 2 aromatic heterocycles. The first kappa shape index (κ1) is 16.3. The first-order valence-electron chi connectivity index (χ1n) is 7.99. The molecule has 1 N–H and O–H groups in total. The molecule has 0 amide bonds. The van der Waals surface area contributed by atoms with Crippen molar-refractivity contribution in [2.75, 3.05) is 18.0 Å². The van der Waals surface area contributed by atoms with Gasteiger partial charge in [0.1, 0.15) is 0 Å². The van der Waals surface area contributed by atoms with E-state index in [-0.39, 0.29) is 0 Å². The van der Waals surface area contributed by atoms with Gasteiger partial charge in [-0.05, 0) is 12.8 Å². The molecule has 0 aliphatic rings. The van der Waals surface area contributed by atoms with Crippen molar-refractivity contribution in [2.24, 2.45) is 5.92 Å². The van der Waals surface area contributed by atoms with Gasteiger partial charge >= 0.3 is 0 Å². The Morgan fingerprint density at radius 1 is 1.33 bits per heavy atom. The number of aromatic nitrogens is 2. The fourth-order valence-corrected chi connectivity index (χ4v) is 3.14. The Hall–Kier alpha value is -1.07. The summed E-state index contributed by atoms with van der Waals surface area (Å²) in [7, 11) is 0. The zero-order valence-corrected chi connectivity index (χ0v) is 14.7. The number of fused-ring (bicyclic) bond motifs is 1. The number of thiazole rings is 1. The van der Waals surface area contributed by atoms with Crippen LogP contribution in [-0.4, -0.2) is 28.5 Å². The number of hydrogen-bond donors (Lipinski definition) is 1. The van der Waals surface area contributed by atoms with E-state index >= 15 is 0 Å². The fraction of sp³-hybridized carbons (Fsp3) is 0.688. The van der Waals surface area contributed by atoms with Crippen LogP contribution in [0.3, 0.4) is 0 Å². The molecule has 0 radical (unpaired) electrons. The maximum absolute atomic E-state index is 4.88. The number of nitrogens with zero attached hydrogens (tertiary/aromatic N) is 3. The van der Waals surface area contributed by atoms with Crippen LogP contribution >= 0.6 is 11.3 Å². The van der Waals surface area contributed by atoms with E-state index in [1.165, 1.54) is 12.1 Å². The second-order valence-corrected chi connectivity index (χ2v) is 6.90. The van der Waals surface area contributed by atoms with Crippen LogP contribution in [0, 0.1) is 5.92 Å². The standard InChI is InChI=1S/C16H28N4S/c1-6-13(5)11-19(7-2)15-14(10-17-12(3)4)20-8-9-21-16(20)18-15/h8-9,12-13,17H,6-7,10-11H2,1-5H3. The summed E-state index contributed by atoms with van der Waals surface area (Å²) in [4.78, 5) is 8.39. The minimum absolute atomic E-state index is 0.478. The molecular weight excluding hydrogens is 280 g/mol. The Labute approximate surface area is 132 Å². The molecule has 4 nitrogen and oxygen atoms in total. The Balaban J connectivity index is 2.31. The summed E-state index contributed by atoms with van der Waals surface area (Å²) in [5.41, 5.74) is 1.28. The maximum Gasteiger partial charge on any atom is 0.195 e. The van der Waals surface area contributed by atoms with E-state index in [1.54, 1.807) is 11.3 Å². The lowest BCUT2D eigenvalue weighted by Crippen LogP contribution is -2.31. The average molecular weight is 308 g/mol. The van der Waals surface area contributed by atoms with Crippen molar-refractivity contribution in [1.29, 1.82) is 0 Å². The lowest BCUT2D eigenvalue weighted by atomic mass is 10.1. The zero-order valence-electron chi connectivity index (χ0n) is 13.9. The summed E-state index contributed by atoms with van der Waals surface area (Å²) in [5, 5.41) is 5.64. The molecule has 0 saturated carbocycles. The second-order valence-electron chi connectivity index (χ2n) is 6.03. The van der Waals surface area contributed by atoms with E-state index in [9.17, 15) is 0 Å². The molecular formula is C16H28N4S. The van der Waals surface area contributed by atoms with Gasteiger partial charge < -0.3 is 10.2 Å². The van der Waals surface area contributed by atoms with Gasteiger partial charge in [-0.15, -0.1) is 11.3 Å². The topological polar surface area (TPSA) is 32.6 Å². The third-order valence-corrected chi connectivity index (χ3v) is 4.68. The molecule has 0 aromatic carbocycles. The van der Waals surface area contributed by atoms with Crippen LogP contribution in [0.1, 0.15) is 46.7 Å². The highest BCUT2D eigenvalue weighted by Gasteiger charge is 2.19. The van der Waals surface area contributed by atoms with Crippen molar-refractivity contribution in [3.8, 4) is 0 Å². The SMILES string of the molecule is CCC(C)CN(CC)c1nc2sccn2c1CNC(C)C. The summed E-state index contributed by atoms with van der Waals surface area (Å²) in [6.07, 6.45) is 3.34. The van der Waals surface area contributed by atoms with E-state index in [1.807, 2.05) is 0 Å². The summed E-state index contributed by atoms with van der Waals surface area (Å²) in [6, 6.07) is 0.478. The predicted molar refractivity (Wildman–Crippen MR) is 92.4 cm³/mol. The first-order valence-corrected chi connectivity index (χ1v) is 8.87. The van der Waals surface area contributed by atoms with E-state index in [0.717, 1.165) is 30.4 Å². The van der Waals surface area contributed by atoms with Gasteiger partial charge in [0.25, 0.3) is 0 Å². The van der Waals surface area contributed by atoms with Crippen LogP contribution in [0.15, 0.2) is 11.6 Å². The lowest BCUT2D eigenvalue weighted by molar-refractivity contribution is 0.541. The Morgan fingerprint density at radius 3 is 2.71 bits per heavy atom. The van der Waals surface area contributed by atoms with Gasteiger partial charge in [0.15, 0.2) is 10.8 Å². The zero-order chi connectivity index (χ0) is 15.4. The molecule has 0 bridgehead atoms. The smallest absolute Gasteiger partial charge is 0.195 e. The molecule has 118 valence electrons. The molecule has 2 aromatic rings. The lowest BCUT2D eigenvalue weighted by Gasteiger charge is -2.25. The second kappa shape index (κ2) is 7.27. The Kier molecular flexibility index (Phi) is 5.65. The highest BCUT2D eigenvalue weighted by molar-refractivity contribution is 7.15. The van der Waals surface area contributed by atoms with Gasteiger partial charge in [0.2, 0.25) is 0 Å². The van der Waals surface area contributed by atoms with Crippen molar-refractivity contribution in [3.05, 3.63) is 17.3 Å². The molecule has 0 spiro atoms. The third kappa shape index (κ3) is 3.77. The molecule has 1 unspecified atom stereocenters. The van der Waals surface area contributed by atoms with E-state index < -0.39 is 0 Å². The van der Waals surface area contributed by atoms with E-state index in [4.69, 9.17) is 4.98 Å². The van der Waals surface area contributed by atoms with Crippen LogP contribution < -0.4 is 10.2 Å². The van der Waals surface area contributed by atoms with Crippen LogP contribution in [0.4, 0.5) is 5.82 Å². The van der Waals surface area contributed by atoms with Crippen molar-refractivity contribution in [1.82, 2.24) is 14.7 Å². The molecule has 5 heteroatoms. The van der Waals surface area contributed by atoms with Gasteiger partial charge in [-0.25, -0.2) is 4.98 Å². The normalized spacial score (nSPS) is 13.2. The van der Waals surface area contributed by atoms with Crippen molar-refractivity contribution in [3.63, 3.8) is 0 Å². The van der Waals surface area contributed by atoms with Crippen molar-refractivity contribution < 1.29 is 0 Å². The first-order chi connectivity index (χ1) is 10.1. The number of imidazole rings is 1. The highest BCUT2D eigenvalue weighted by atomic mass is 32.1. The average Bonchev–Trinajstić information content (AvgIpc) is 3.03. The summed E-state index contributed by atoms with van der Waals surface area (Å²) >= 11 is 1.71. The van der Waals surface area contributed by atoms with Gasteiger partial charge in [-0.1, -0.05) is 34.1 Å². The molecule has 0 saturated heterocycles. The Morgan fingerprint density at radius 2 is 2.10 bits per heavy atom. The van der Waals surface area contributed by atoms with Crippen molar-refractivity contribution >= 4 is 22.1 Å². The highest BCUT2D eigenvalue weighted by Crippen LogP contribution is 2.25. The molecule has 21 heavy (non-hydrogen) atoms. The molecule has 0 fully saturated rings. The van der Waals surface area contributed by atoms with Gasteiger partial charge in [-0.3, -0.25) is 4.40 Å². The number of nitrogens with one attached hydrogen (secondary N) is 1. The third-order valence-electron chi connectivity index (χ3n) is 3.93. The van der Waals surface area contributed by atoms with Gasteiger partial charge in [-0.2, -0.15) is 0 Å². The molecule has 2 rings (SSSR count). The van der Waals surface area contributed by atoms with Gasteiger partial charge in [0, 0.05) is 37.3 Å². The monoisotopic (exact) mass is 308 g/mol. The number of anilines is 1. The molecule has 0 aliphatic carbocycles. The summed E-state index contributed by atoms with van der Waals surface area (Å²) in [5.74, 6) is 1.84. The summed E-state index contributed by atoms with van der Waals surface area (Å²) in [6.45, 7) is 14.1. The number of rotatable bonds is 8. The van der Waals surface area contributed by atoms with Gasteiger partial charge in [0.05, 0.1) is 5.69 Å². The quantitative estimate of drug-likeness (QED) is 0.806.